The van der Waals surface area contributed by atoms with E-state index in [9.17, 15) is 8.42 Å². The lowest BCUT2D eigenvalue weighted by Gasteiger charge is -2.31. The van der Waals surface area contributed by atoms with Crippen LogP contribution in [0.3, 0.4) is 0 Å². The fraction of sp³-hybridized carbons (Fsp3) is 1.00. The largest absolute Gasteiger partial charge is 0.379 e. The van der Waals surface area contributed by atoms with Gasteiger partial charge in [0.25, 0.3) is 0 Å². The van der Waals surface area contributed by atoms with Crippen LogP contribution in [0.15, 0.2) is 0 Å². The summed E-state index contributed by atoms with van der Waals surface area (Å²) in [4.78, 5) is 0. The van der Waals surface area contributed by atoms with Gasteiger partial charge in [-0.15, -0.1) is 0 Å². The standard InChI is InChI=1S/C11H23NO3S/c1-11(2,15-4)7-10(12-3)9-5-6-16(13,14)8-9/h9-10,12H,5-8H2,1-4H3. The minimum atomic E-state index is -2.79. The molecule has 1 heterocycles. The van der Waals surface area contributed by atoms with E-state index in [1.54, 1.807) is 7.11 Å². The molecule has 0 radical (unpaired) electrons. The molecule has 1 fully saturated rings. The van der Waals surface area contributed by atoms with Crippen molar-refractivity contribution in [3.8, 4) is 0 Å². The lowest BCUT2D eigenvalue weighted by atomic mass is 9.89. The van der Waals surface area contributed by atoms with E-state index in [1.807, 2.05) is 20.9 Å². The van der Waals surface area contributed by atoms with E-state index in [-0.39, 0.29) is 17.6 Å². The molecule has 1 N–H and O–H groups in total. The van der Waals surface area contributed by atoms with Gasteiger partial charge in [-0.3, -0.25) is 0 Å². The van der Waals surface area contributed by atoms with Crippen LogP contribution in [-0.2, 0) is 14.6 Å². The molecule has 1 rings (SSSR count). The number of nitrogens with one attached hydrogen (secondary N) is 1. The molecule has 1 saturated heterocycles. The van der Waals surface area contributed by atoms with Crippen molar-refractivity contribution >= 4 is 9.84 Å². The van der Waals surface area contributed by atoms with Crippen LogP contribution in [0, 0.1) is 5.92 Å². The second-order valence-electron chi connectivity index (χ2n) is 5.23. The van der Waals surface area contributed by atoms with Gasteiger partial charge in [-0.1, -0.05) is 0 Å². The first kappa shape index (κ1) is 13.9. The van der Waals surface area contributed by atoms with Crippen molar-refractivity contribution < 1.29 is 13.2 Å². The maximum Gasteiger partial charge on any atom is 0.150 e. The first-order valence-corrected chi connectivity index (χ1v) is 7.54. The molecule has 0 bridgehead atoms. The van der Waals surface area contributed by atoms with Gasteiger partial charge in [0.05, 0.1) is 17.1 Å². The predicted molar refractivity (Wildman–Crippen MR) is 65.3 cm³/mol. The average Bonchev–Trinajstić information content (AvgIpc) is 2.55. The Balaban J connectivity index is 2.63. The van der Waals surface area contributed by atoms with Gasteiger partial charge in [-0.05, 0) is 39.7 Å². The van der Waals surface area contributed by atoms with Crippen LogP contribution < -0.4 is 5.32 Å². The van der Waals surface area contributed by atoms with E-state index >= 15 is 0 Å². The Labute approximate surface area is 98.7 Å². The predicted octanol–water partition coefficient (Wildman–Crippen LogP) is 0.824. The normalized spacial score (nSPS) is 26.9. The first-order valence-electron chi connectivity index (χ1n) is 5.72. The minimum absolute atomic E-state index is 0.208. The van der Waals surface area contributed by atoms with Crippen molar-refractivity contribution in [3.05, 3.63) is 0 Å². The van der Waals surface area contributed by atoms with Gasteiger partial charge >= 0.3 is 0 Å². The second-order valence-corrected chi connectivity index (χ2v) is 7.45. The van der Waals surface area contributed by atoms with Crippen LogP contribution in [0.4, 0.5) is 0 Å². The lowest BCUT2D eigenvalue weighted by molar-refractivity contribution is 0.00326. The third-order valence-electron chi connectivity index (χ3n) is 3.47. The second kappa shape index (κ2) is 5.02. The van der Waals surface area contributed by atoms with Crippen LogP contribution in [0.25, 0.3) is 0 Å². The van der Waals surface area contributed by atoms with Crippen LogP contribution in [0.5, 0.6) is 0 Å². The van der Waals surface area contributed by atoms with Gasteiger partial charge in [0.1, 0.15) is 0 Å². The van der Waals surface area contributed by atoms with Gasteiger partial charge in [-0.2, -0.15) is 0 Å². The fourth-order valence-electron chi connectivity index (χ4n) is 2.26. The Kier molecular flexibility index (Phi) is 4.37. The summed E-state index contributed by atoms with van der Waals surface area (Å²) in [7, 11) is 0.789. The number of methoxy groups -OCH3 is 1. The van der Waals surface area contributed by atoms with E-state index in [4.69, 9.17) is 4.74 Å². The number of hydrogen-bond acceptors (Lipinski definition) is 4. The van der Waals surface area contributed by atoms with Gasteiger partial charge < -0.3 is 10.1 Å². The first-order chi connectivity index (χ1) is 7.29. The monoisotopic (exact) mass is 249 g/mol. The molecule has 16 heavy (non-hydrogen) atoms. The topological polar surface area (TPSA) is 55.4 Å². The Bertz CT molecular complexity index is 324. The summed E-state index contributed by atoms with van der Waals surface area (Å²) < 4.78 is 28.3. The van der Waals surface area contributed by atoms with Crippen molar-refractivity contribution in [3.63, 3.8) is 0 Å². The number of ether oxygens (including phenoxy) is 1. The fourth-order valence-corrected chi connectivity index (χ4v) is 4.14. The molecule has 0 aromatic carbocycles. The minimum Gasteiger partial charge on any atom is -0.379 e. The molecule has 1 aliphatic heterocycles. The van der Waals surface area contributed by atoms with Crippen molar-refractivity contribution in [2.45, 2.75) is 38.3 Å². The average molecular weight is 249 g/mol. The van der Waals surface area contributed by atoms with Crippen LogP contribution in [-0.4, -0.2) is 45.7 Å². The summed E-state index contributed by atoms with van der Waals surface area (Å²) in [5.74, 6) is 0.881. The molecule has 0 aliphatic carbocycles. The lowest BCUT2D eigenvalue weighted by Crippen LogP contribution is -2.41. The number of hydrogen-bond donors (Lipinski definition) is 1. The third-order valence-corrected chi connectivity index (χ3v) is 5.27. The molecule has 1 aliphatic rings. The third kappa shape index (κ3) is 3.71. The van der Waals surface area contributed by atoms with Gasteiger partial charge in [-0.25, -0.2) is 8.42 Å². The maximum atomic E-state index is 11.4. The van der Waals surface area contributed by atoms with E-state index in [0.29, 0.717) is 11.5 Å². The van der Waals surface area contributed by atoms with E-state index in [1.165, 1.54) is 0 Å². The Morgan fingerprint density at radius 2 is 2.12 bits per heavy atom. The zero-order chi connectivity index (χ0) is 12.4. The van der Waals surface area contributed by atoms with Gasteiger partial charge in [0.15, 0.2) is 9.84 Å². The quantitative estimate of drug-likeness (QED) is 0.784. The van der Waals surface area contributed by atoms with E-state index in [2.05, 4.69) is 5.32 Å². The number of sulfone groups is 1. The van der Waals surface area contributed by atoms with Crippen molar-refractivity contribution in [2.24, 2.45) is 5.92 Å². The van der Waals surface area contributed by atoms with Crippen molar-refractivity contribution in [1.29, 1.82) is 0 Å². The van der Waals surface area contributed by atoms with Crippen molar-refractivity contribution in [2.75, 3.05) is 25.7 Å². The Hall–Kier alpha value is -0.130. The molecule has 0 amide bonds. The molecule has 4 nitrogen and oxygen atoms in total. The van der Waals surface area contributed by atoms with E-state index < -0.39 is 9.84 Å². The molecule has 2 unspecified atom stereocenters. The van der Waals surface area contributed by atoms with Crippen LogP contribution in [0.2, 0.25) is 0 Å². The molecule has 5 heteroatoms. The molecular weight excluding hydrogens is 226 g/mol. The van der Waals surface area contributed by atoms with Gasteiger partial charge in [0.2, 0.25) is 0 Å². The van der Waals surface area contributed by atoms with Gasteiger partial charge in [0, 0.05) is 13.2 Å². The molecule has 0 spiro atoms. The number of rotatable bonds is 5. The summed E-state index contributed by atoms with van der Waals surface area (Å²) in [5, 5.41) is 3.23. The maximum absolute atomic E-state index is 11.4. The van der Waals surface area contributed by atoms with Crippen LogP contribution in [0.1, 0.15) is 26.7 Å². The summed E-state index contributed by atoms with van der Waals surface area (Å²) in [5.41, 5.74) is -0.208. The SMILES string of the molecule is CNC(CC(C)(C)OC)C1CCS(=O)(=O)C1. The highest BCUT2D eigenvalue weighted by Gasteiger charge is 2.35. The summed E-state index contributed by atoms with van der Waals surface area (Å²) >= 11 is 0. The highest BCUT2D eigenvalue weighted by molar-refractivity contribution is 7.91. The summed E-state index contributed by atoms with van der Waals surface area (Å²) in [6.07, 6.45) is 1.60. The van der Waals surface area contributed by atoms with E-state index in [0.717, 1.165) is 12.8 Å². The Morgan fingerprint density at radius 1 is 1.50 bits per heavy atom. The molecule has 0 aromatic heterocycles. The molecule has 96 valence electrons. The zero-order valence-electron chi connectivity index (χ0n) is 10.6. The summed E-state index contributed by atoms with van der Waals surface area (Å²) in [6, 6.07) is 0.215. The highest BCUT2D eigenvalue weighted by Crippen LogP contribution is 2.27. The molecule has 0 saturated carbocycles. The Morgan fingerprint density at radius 3 is 2.50 bits per heavy atom. The smallest absolute Gasteiger partial charge is 0.150 e. The van der Waals surface area contributed by atoms with Crippen molar-refractivity contribution in [1.82, 2.24) is 5.32 Å². The highest BCUT2D eigenvalue weighted by atomic mass is 32.2. The van der Waals surface area contributed by atoms with Crippen LogP contribution >= 0.6 is 0 Å². The molecule has 2 atom stereocenters. The molecule has 0 aromatic rings. The summed E-state index contributed by atoms with van der Waals surface area (Å²) in [6.45, 7) is 4.06. The molecular formula is C11H23NO3S. The zero-order valence-corrected chi connectivity index (χ0v) is 11.4.